The molecule has 0 unspecified atom stereocenters. The number of anilines is 1. The molecule has 0 aliphatic carbocycles. The van der Waals surface area contributed by atoms with Crippen LogP contribution < -0.4 is 4.90 Å². The molecule has 1 aliphatic heterocycles. The van der Waals surface area contributed by atoms with Gasteiger partial charge in [0.15, 0.2) is 5.76 Å². The number of piperazine rings is 1. The van der Waals surface area contributed by atoms with Gasteiger partial charge in [0.1, 0.15) is 25.5 Å². The Kier molecular flexibility index (Phi) is 14.5. The molecule has 1 saturated heterocycles. The number of nitrogens with zero attached hydrogens (tertiary/aromatic N) is 3. The predicted octanol–water partition coefficient (Wildman–Crippen LogP) is 3.23. The third kappa shape index (κ3) is 12.4. The van der Waals surface area contributed by atoms with Crippen LogP contribution in [-0.4, -0.2) is 96.1 Å². The molecule has 208 valence electrons. The van der Waals surface area contributed by atoms with Crippen molar-refractivity contribution in [3.05, 3.63) is 47.3 Å². The fourth-order valence-corrected chi connectivity index (χ4v) is 3.91. The van der Waals surface area contributed by atoms with Gasteiger partial charge in [-0.05, 0) is 38.4 Å². The summed E-state index contributed by atoms with van der Waals surface area (Å²) in [6.45, 7) is 11.8. The zero-order valence-electron chi connectivity index (χ0n) is 22.4. The lowest BCUT2D eigenvalue weighted by Gasteiger charge is -2.36. The number of unbranched alkanes of at least 4 members (excludes halogenated alkanes) is 1. The summed E-state index contributed by atoms with van der Waals surface area (Å²) in [4.78, 5) is 15.0. The van der Waals surface area contributed by atoms with Gasteiger partial charge in [-0.25, -0.2) is 9.78 Å². The third-order valence-electron chi connectivity index (χ3n) is 6.02. The number of ether oxygens (including phenoxy) is 4. The molecule has 1 aliphatic rings. The molecule has 0 atom stereocenters. The summed E-state index contributed by atoms with van der Waals surface area (Å²) in [5.41, 5.74) is 3.41. The van der Waals surface area contributed by atoms with E-state index in [0.717, 1.165) is 57.9 Å². The van der Waals surface area contributed by atoms with Crippen molar-refractivity contribution in [2.45, 2.75) is 33.0 Å². The molecule has 1 aromatic heterocycles. The highest BCUT2D eigenvalue weighted by atomic mass is 17.2. The van der Waals surface area contributed by atoms with Crippen LogP contribution in [-0.2, 0) is 41.9 Å². The van der Waals surface area contributed by atoms with Gasteiger partial charge in [-0.15, -0.1) is 0 Å². The summed E-state index contributed by atoms with van der Waals surface area (Å²) in [6, 6.07) is 10.7. The van der Waals surface area contributed by atoms with E-state index < -0.39 is 0 Å². The van der Waals surface area contributed by atoms with Crippen LogP contribution in [0.3, 0.4) is 0 Å². The second-order valence-corrected chi connectivity index (χ2v) is 9.01. The molecule has 0 bridgehead atoms. The van der Waals surface area contributed by atoms with E-state index in [-0.39, 0.29) is 0 Å². The van der Waals surface area contributed by atoms with Crippen molar-refractivity contribution in [1.82, 2.24) is 10.1 Å². The molecule has 0 saturated carbocycles. The summed E-state index contributed by atoms with van der Waals surface area (Å²) < 4.78 is 26.7. The first-order valence-corrected chi connectivity index (χ1v) is 13.2. The predicted molar refractivity (Wildman–Crippen MR) is 139 cm³/mol. The molecule has 0 radical (unpaired) electrons. The number of aromatic nitrogens is 1. The van der Waals surface area contributed by atoms with Gasteiger partial charge in [0.25, 0.3) is 0 Å². The molecule has 1 fully saturated rings. The Morgan fingerprint density at radius 2 is 1.49 bits per heavy atom. The highest BCUT2D eigenvalue weighted by molar-refractivity contribution is 5.47. The number of aryl methyl sites for hydroxylation is 1. The maximum absolute atomic E-state index is 5.77. The van der Waals surface area contributed by atoms with E-state index in [1.165, 1.54) is 11.3 Å². The summed E-state index contributed by atoms with van der Waals surface area (Å²) >= 11 is 0. The van der Waals surface area contributed by atoms with Crippen LogP contribution in [0.15, 0.2) is 34.9 Å². The monoisotopic (exact) mass is 521 g/mol. The number of methoxy groups -OCH3 is 1. The maximum atomic E-state index is 5.77. The average Bonchev–Trinajstić information content (AvgIpc) is 3.37. The molecule has 2 heterocycles. The van der Waals surface area contributed by atoms with Gasteiger partial charge in [-0.3, -0.25) is 4.90 Å². The molecule has 0 N–H and O–H groups in total. The molecule has 37 heavy (non-hydrogen) atoms. The molecule has 0 spiro atoms. The van der Waals surface area contributed by atoms with Crippen molar-refractivity contribution in [3.8, 4) is 0 Å². The van der Waals surface area contributed by atoms with Crippen LogP contribution in [0.25, 0.3) is 0 Å². The van der Waals surface area contributed by atoms with Gasteiger partial charge in [0.05, 0.1) is 33.0 Å². The molecule has 10 nitrogen and oxygen atoms in total. The fourth-order valence-electron chi connectivity index (χ4n) is 3.91. The maximum Gasteiger partial charge on any atom is 0.162 e. The molecular weight excluding hydrogens is 478 g/mol. The Morgan fingerprint density at radius 3 is 2.24 bits per heavy atom. The molecule has 1 aromatic carbocycles. The summed E-state index contributed by atoms with van der Waals surface area (Å²) in [5, 5.41) is 4.04. The van der Waals surface area contributed by atoms with Gasteiger partial charge >= 0.3 is 0 Å². The highest BCUT2D eigenvalue weighted by Crippen LogP contribution is 2.17. The van der Waals surface area contributed by atoms with Crippen molar-refractivity contribution in [3.63, 3.8) is 0 Å². The van der Waals surface area contributed by atoms with Crippen molar-refractivity contribution < 1.29 is 33.2 Å². The summed E-state index contributed by atoms with van der Waals surface area (Å²) in [6.07, 6.45) is 2.17. The number of hydrogen-bond acceptors (Lipinski definition) is 10. The quantitative estimate of drug-likeness (QED) is 0.147. The Labute approximate surface area is 220 Å². The Bertz CT molecular complexity index is 826. The largest absolute Gasteiger partial charge is 0.382 e. The van der Waals surface area contributed by atoms with E-state index in [0.29, 0.717) is 58.6 Å². The van der Waals surface area contributed by atoms with E-state index in [4.69, 9.17) is 33.2 Å². The zero-order valence-corrected chi connectivity index (χ0v) is 22.4. The lowest BCUT2D eigenvalue weighted by atomic mass is 10.2. The minimum absolute atomic E-state index is 0.324. The lowest BCUT2D eigenvalue weighted by Crippen LogP contribution is -2.46. The van der Waals surface area contributed by atoms with Gasteiger partial charge in [-0.2, -0.15) is 0 Å². The van der Waals surface area contributed by atoms with Crippen LogP contribution in [0.2, 0.25) is 0 Å². The first-order chi connectivity index (χ1) is 18.2. The molecule has 10 heteroatoms. The van der Waals surface area contributed by atoms with Crippen molar-refractivity contribution >= 4 is 5.69 Å². The molecule has 3 rings (SSSR count). The lowest BCUT2D eigenvalue weighted by molar-refractivity contribution is -0.304. The van der Waals surface area contributed by atoms with E-state index in [2.05, 4.69) is 46.1 Å². The summed E-state index contributed by atoms with van der Waals surface area (Å²) in [5.74, 6) is 0.663. The molecule has 2 aromatic rings. The number of benzene rings is 1. The first-order valence-electron chi connectivity index (χ1n) is 13.2. The smallest absolute Gasteiger partial charge is 0.162 e. The Balaban J connectivity index is 1.12. The average molecular weight is 522 g/mol. The fraction of sp³-hybridized carbons (Fsp3) is 0.667. The number of hydrogen-bond donors (Lipinski definition) is 0. The van der Waals surface area contributed by atoms with Crippen LogP contribution in [0.1, 0.15) is 29.9 Å². The van der Waals surface area contributed by atoms with Crippen molar-refractivity contribution in [2.24, 2.45) is 0 Å². The van der Waals surface area contributed by atoms with Crippen molar-refractivity contribution in [1.29, 1.82) is 0 Å². The Morgan fingerprint density at radius 1 is 0.784 bits per heavy atom. The molecule has 0 amide bonds. The molecular formula is C27H43N3O7. The van der Waals surface area contributed by atoms with Crippen LogP contribution >= 0.6 is 0 Å². The van der Waals surface area contributed by atoms with Crippen LogP contribution in [0.4, 0.5) is 5.69 Å². The topological polar surface area (TPSA) is 87.9 Å². The van der Waals surface area contributed by atoms with Crippen LogP contribution in [0, 0.1) is 6.92 Å². The van der Waals surface area contributed by atoms with E-state index >= 15 is 0 Å². The second kappa shape index (κ2) is 18.2. The second-order valence-electron chi connectivity index (χ2n) is 9.01. The van der Waals surface area contributed by atoms with Gasteiger partial charge in [-0.1, -0.05) is 22.9 Å². The van der Waals surface area contributed by atoms with Gasteiger partial charge in [0.2, 0.25) is 0 Å². The minimum atomic E-state index is 0.324. The Hall–Kier alpha value is -2.05. The first kappa shape index (κ1) is 29.5. The normalized spacial score (nSPS) is 14.5. The third-order valence-corrected chi connectivity index (χ3v) is 6.02. The van der Waals surface area contributed by atoms with Gasteiger partial charge < -0.3 is 28.4 Å². The number of rotatable bonds is 20. The highest BCUT2D eigenvalue weighted by Gasteiger charge is 2.16. The zero-order chi connectivity index (χ0) is 26.0. The van der Waals surface area contributed by atoms with E-state index in [1.54, 1.807) is 7.11 Å². The summed E-state index contributed by atoms with van der Waals surface area (Å²) in [7, 11) is 1.63. The minimum Gasteiger partial charge on any atom is -0.382 e. The standard InChI is InChI=1S/C27H43N3O7/c1-24-5-7-26(8-6-24)30-12-10-29(11-13-30)9-3-4-14-33-22-25-21-27(37-28-25)23-34-18-20-36-35-19-17-32-16-15-31-2/h5-8,21H,3-4,9-20,22-23H2,1-2H3. The van der Waals surface area contributed by atoms with Crippen LogP contribution in [0.5, 0.6) is 0 Å². The van der Waals surface area contributed by atoms with E-state index in [9.17, 15) is 0 Å². The van der Waals surface area contributed by atoms with Gasteiger partial charge in [0, 0.05) is 51.6 Å². The van der Waals surface area contributed by atoms with E-state index in [1.807, 2.05) is 6.07 Å². The SMILES string of the molecule is COCCOCCOOCCOCc1cc(COCCCCN2CCN(c3ccc(C)cc3)CC2)no1. The van der Waals surface area contributed by atoms with Crippen molar-refractivity contribution in [2.75, 3.05) is 91.0 Å².